The van der Waals surface area contributed by atoms with E-state index in [1.54, 1.807) is 5.38 Å². The summed E-state index contributed by atoms with van der Waals surface area (Å²) in [6.45, 7) is 0.628. The molecule has 0 saturated carbocycles. The summed E-state index contributed by atoms with van der Waals surface area (Å²) in [6.07, 6.45) is -0.116. The molecular formula is C5H8N6OS. The molecule has 1 amide bonds. The van der Waals surface area contributed by atoms with E-state index in [4.69, 9.17) is 0 Å². The Labute approximate surface area is 78.0 Å². The minimum absolute atomic E-state index is 0.116. The van der Waals surface area contributed by atoms with Crippen LogP contribution in [0.1, 0.15) is 10.5 Å². The molecule has 70 valence electrons. The number of nitrogens with one attached hydrogen (secondary N) is 4. The first-order valence-electron chi connectivity index (χ1n) is 3.67. The van der Waals surface area contributed by atoms with Crippen LogP contribution in [-0.2, 0) is 0 Å². The average molecular weight is 200 g/mol. The molecule has 0 aliphatic carbocycles. The van der Waals surface area contributed by atoms with Gasteiger partial charge in [0.1, 0.15) is 6.17 Å². The van der Waals surface area contributed by atoms with Gasteiger partial charge in [-0.25, -0.2) is 10.9 Å². The van der Waals surface area contributed by atoms with Crippen molar-refractivity contribution in [2.75, 3.05) is 6.54 Å². The molecule has 7 nitrogen and oxygen atoms in total. The highest BCUT2D eigenvalue weighted by Gasteiger charge is 2.17. The van der Waals surface area contributed by atoms with E-state index in [9.17, 15) is 4.79 Å². The van der Waals surface area contributed by atoms with Gasteiger partial charge < -0.3 is 5.32 Å². The molecule has 0 aromatic carbocycles. The van der Waals surface area contributed by atoms with Gasteiger partial charge in [0.05, 0.1) is 0 Å². The highest BCUT2D eigenvalue weighted by Crippen LogP contribution is 1.96. The number of carbonyl (C=O) groups excluding carboxylic acids is 1. The molecule has 1 aliphatic rings. The zero-order chi connectivity index (χ0) is 9.10. The van der Waals surface area contributed by atoms with Gasteiger partial charge in [0, 0.05) is 11.9 Å². The molecule has 1 atom stereocenters. The second kappa shape index (κ2) is 3.75. The third-order valence-electron chi connectivity index (χ3n) is 1.54. The number of hydrogen-bond acceptors (Lipinski definition) is 7. The lowest BCUT2D eigenvalue weighted by Crippen LogP contribution is -2.45. The highest BCUT2D eigenvalue weighted by atomic mass is 32.1. The van der Waals surface area contributed by atoms with E-state index >= 15 is 0 Å². The summed E-state index contributed by atoms with van der Waals surface area (Å²) in [5.74, 6) is -0.225. The van der Waals surface area contributed by atoms with Crippen molar-refractivity contribution >= 4 is 17.4 Å². The molecular weight excluding hydrogens is 192 g/mol. The van der Waals surface area contributed by atoms with Crippen LogP contribution in [0.25, 0.3) is 0 Å². The van der Waals surface area contributed by atoms with Crippen LogP contribution in [0.15, 0.2) is 5.38 Å². The van der Waals surface area contributed by atoms with Crippen LogP contribution in [0.2, 0.25) is 0 Å². The minimum atomic E-state index is -0.225. The smallest absolute Gasteiger partial charge is 0.274 e. The first-order valence-corrected chi connectivity index (χ1v) is 4.51. The number of aromatic nitrogens is 2. The summed E-state index contributed by atoms with van der Waals surface area (Å²) in [7, 11) is 0. The topological polar surface area (TPSA) is 91.0 Å². The molecule has 2 rings (SSSR count). The molecule has 2 heterocycles. The molecule has 0 bridgehead atoms. The SMILES string of the molecule is O=C(NC1CNNN1)c1csnn1. The van der Waals surface area contributed by atoms with Gasteiger partial charge in [-0.2, -0.15) is 5.53 Å². The third-order valence-corrected chi connectivity index (χ3v) is 2.04. The maximum Gasteiger partial charge on any atom is 0.274 e. The van der Waals surface area contributed by atoms with Crippen LogP contribution in [0.5, 0.6) is 0 Å². The molecule has 0 spiro atoms. The second-order valence-corrected chi connectivity index (χ2v) is 3.08. The summed E-state index contributed by atoms with van der Waals surface area (Å²) >= 11 is 1.15. The molecule has 1 fully saturated rings. The van der Waals surface area contributed by atoms with Crippen LogP contribution in [-0.4, -0.2) is 28.2 Å². The normalized spacial score (nSPS) is 21.7. The fourth-order valence-electron chi connectivity index (χ4n) is 0.925. The zero-order valence-electron chi connectivity index (χ0n) is 6.57. The van der Waals surface area contributed by atoms with Gasteiger partial charge in [-0.1, -0.05) is 4.49 Å². The van der Waals surface area contributed by atoms with Crippen LogP contribution in [0.3, 0.4) is 0 Å². The number of hydrogen-bond donors (Lipinski definition) is 4. The van der Waals surface area contributed by atoms with Gasteiger partial charge in [0.25, 0.3) is 5.91 Å². The van der Waals surface area contributed by atoms with E-state index in [0.717, 1.165) is 11.5 Å². The lowest BCUT2D eigenvalue weighted by atomic mass is 10.4. The lowest BCUT2D eigenvalue weighted by Gasteiger charge is -2.08. The maximum atomic E-state index is 11.4. The van der Waals surface area contributed by atoms with Gasteiger partial charge in [-0.05, 0) is 11.5 Å². The number of amides is 1. The molecule has 13 heavy (non-hydrogen) atoms. The van der Waals surface area contributed by atoms with Crippen LogP contribution in [0.4, 0.5) is 0 Å². The first-order chi connectivity index (χ1) is 6.36. The average Bonchev–Trinajstić information content (AvgIpc) is 2.74. The van der Waals surface area contributed by atoms with Crippen LogP contribution < -0.4 is 21.7 Å². The molecule has 1 unspecified atom stereocenters. The van der Waals surface area contributed by atoms with E-state index in [1.807, 2.05) is 0 Å². The summed E-state index contributed by atoms with van der Waals surface area (Å²) in [5.41, 5.74) is 8.65. The number of hydrazine groups is 2. The molecule has 1 aliphatic heterocycles. The van der Waals surface area contributed by atoms with Crippen LogP contribution in [0, 0.1) is 0 Å². The summed E-state index contributed by atoms with van der Waals surface area (Å²) < 4.78 is 3.60. The highest BCUT2D eigenvalue weighted by molar-refractivity contribution is 7.03. The van der Waals surface area contributed by atoms with Crippen molar-refractivity contribution in [3.05, 3.63) is 11.1 Å². The Balaban J connectivity index is 1.91. The maximum absolute atomic E-state index is 11.4. The zero-order valence-corrected chi connectivity index (χ0v) is 7.39. The second-order valence-electron chi connectivity index (χ2n) is 2.47. The fraction of sp³-hybridized carbons (Fsp3) is 0.400. The Hall–Kier alpha value is -1.09. The van der Waals surface area contributed by atoms with Crippen molar-refractivity contribution in [2.45, 2.75) is 6.17 Å². The standard InChI is InChI=1S/C5H8N6OS/c12-5(3-2-13-11-8-3)7-4-1-6-10-9-4/h2,4,6,9-10H,1H2,(H,7,12). The minimum Gasteiger partial charge on any atom is -0.333 e. The number of rotatable bonds is 2. The van der Waals surface area contributed by atoms with E-state index in [0.29, 0.717) is 12.2 Å². The Morgan fingerprint density at radius 3 is 3.31 bits per heavy atom. The third kappa shape index (κ3) is 1.98. The van der Waals surface area contributed by atoms with Crippen molar-refractivity contribution < 1.29 is 4.79 Å². The van der Waals surface area contributed by atoms with E-state index in [-0.39, 0.29) is 12.1 Å². The molecule has 1 aromatic heterocycles. The van der Waals surface area contributed by atoms with Crippen molar-refractivity contribution in [1.29, 1.82) is 0 Å². The quantitative estimate of drug-likeness (QED) is 0.450. The predicted octanol–water partition coefficient (Wildman–Crippen LogP) is -1.79. The Kier molecular flexibility index (Phi) is 2.45. The number of carbonyl (C=O) groups is 1. The predicted molar refractivity (Wildman–Crippen MR) is 45.4 cm³/mol. The van der Waals surface area contributed by atoms with Gasteiger partial charge >= 0.3 is 0 Å². The van der Waals surface area contributed by atoms with Crippen molar-refractivity contribution in [2.24, 2.45) is 0 Å². The van der Waals surface area contributed by atoms with Gasteiger partial charge in [-0.3, -0.25) is 4.79 Å². The molecule has 1 saturated heterocycles. The molecule has 1 aromatic rings. The lowest BCUT2D eigenvalue weighted by molar-refractivity contribution is 0.0929. The molecule has 4 N–H and O–H groups in total. The molecule has 0 radical (unpaired) electrons. The fourth-order valence-corrected chi connectivity index (χ4v) is 1.36. The van der Waals surface area contributed by atoms with Crippen molar-refractivity contribution in [3.8, 4) is 0 Å². The largest absolute Gasteiger partial charge is 0.333 e. The molecule has 8 heteroatoms. The van der Waals surface area contributed by atoms with E-state index in [1.165, 1.54) is 0 Å². The summed E-state index contributed by atoms with van der Waals surface area (Å²) in [5, 5.41) is 7.96. The Morgan fingerprint density at radius 1 is 1.77 bits per heavy atom. The summed E-state index contributed by atoms with van der Waals surface area (Å²) in [6, 6.07) is 0. The van der Waals surface area contributed by atoms with Crippen LogP contribution >= 0.6 is 11.5 Å². The van der Waals surface area contributed by atoms with Gasteiger partial charge in [-0.15, -0.1) is 5.10 Å². The van der Waals surface area contributed by atoms with Gasteiger partial charge in [0.2, 0.25) is 0 Å². The van der Waals surface area contributed by atoms with Crippen molar-refractivity contribution in [1.82, 2.24) is 31.3 Å². The van der Waals surface area contributed by atoms with Gasteiger partial charge in [0.15, 0.2) is 5.69 Å². The monoisotopic (exact) mass is 200 g/mol. The Morgan fingerprint density at radius 2 is 2.69 bits per heavy atom. The van der Waals surface area contributed by atoms with Crippen molar-refractivity contribution in [3.63, 3.8) is 0 Å². The Bertz CT molecular complexity index is 281. The van der Waals surface area contributed by atoms with E-state index in [2.05, 4.69) is 31.3 Å². The number of nitrogens with zero attached hydrogens (tertiary/aromatic N) is 2. The first kappa shape index (κ1) is 8.51. The van der Waals surface area contributed by atoms with E-state index < -0.39 is 0 Å². The summed E-state index contributed by atoms with van der Waals surface area (Å²) in [4.78, 5) is 11.4.